The number of halogens is 3. The maximum atomic E-state index is 12.8. The summed E-state index contributed by atoms with van der Waals surface area (Å²) in [4.78, 5) is 4.57. The van der Waals surface area contributed by atoms with Crippen LogP contribution in [0.1, 0.15) is 44.9 Å². The number of aliphatic imine (C=N–C) groups is 1. The van der Waals surface area contributed by atoms with E-state index in [0.717, 1.165) is 24.3 Å². The van der Waals surface area contributed by atoms with Crippen LogP contribution in [0.3, 0.4) is 0 Å². The molecule has 1 fully saturated rings. The zero-order chi connectivity index (χ0) is 20.0. The summed E-state index contributed by atoms with van der Waals surface area (Å²) in [5, 5.41) is 14.8. The Balaban J connectivity index is 1.48. The van der Waals surface area contributed by atoms with Crippen LogP contribution < -0.4 is 10.6 Å². The van der Waals surface area contributed by atoms with Gasteiger partial charge >= 0.3 is 6.18 Å². The Morgan fingerprint density at radius 3 is 2.71 bits per heavy atom. The molecule has 28 heavy (non-hydrogen) atoms. The largest absolute Gasteiger partial charge is 0.391 e. The van der Waals surface area contributed by atoms with E-state index in [1.165, 1.54) is 0 Å². The van der Waals surface area contributed by atoms with Gasteiger partial charge in [-0.1, -0.05) is 6.07 Å². The van der Waals surface area contributed by atoms with Gasteiger partial charge in [0.1, 0.15) is 5.82 Å². The number of alkyl halides is 3. The number of fused-ring (bicyclic) bond motifs is 1. The van der Waals surface area contributed by atoms with Gasteiger partial charge in [-0.05, 0) is 51.2 Å². The SMILES string of the molecule is CCNC(=NCCCc1nnc2ccccn12)NC1CCC(C(F)(F)F)CC1. The van der Waals surface area contributed by atoms with Crippen molar-refractivity contribution in [1.82, 2.24) is 25.2 Å². The highest BCUT2D eigenvalue weighted by atomic mass is 19.4. The second-order valence-electron chi connectivity index (χ2n) is 7.14. The number of pyridine rings is 1. The predicted molar refractivity (Wildman–Crippen MR) is 102 cm³/mol. The predicted octanol–water partition coefficient (Wildman–Crippen LogP) is 3.34. The first kappa shape index (κ1) is 20.4. The lowest BCUT2D eigenvalue weighted by Crippen LogP contribution is -2.45. The molecular formula is C19H27F3N6. The minimum Gasteiger partial charge on any atom is -0.357 e. The third-order valence-corrected chi connectivity index (χ3v) is 5.09. The van der Waals surface area contributed by atoms with Crippen LogP contribution in [0.4, 0.5) is 13.2 Å². The summed E-state index contributed by atoms with van der Waals surface area (Å²) in [6.07, 6.45) is 0.825. The smallest absolute Gasteiger partial charge is 0.357 e. The van der Waals surface area contributed by atoms with Crippen molar-refractivity contribution in [2.24, 2.45) is 10.9 Å². The molecule has 2 aromatic rings. The number of aromatic nitrogens is 3. The van der Waals surface area contributed by atoms with Crippen molar-refractivity contribution in [2.45, 2.75) is 57.7 Å². The van der Waals surface area contributed by atoms with Crippen LogP contribution in [-0.2, 0) is 6.42 Å². The van der Waals surface area contributed by atoms with E-state index in [0.29, 0.717) is 31.9 Å². The fraction of sp³-hybridized carbons (Fsp3) is 0.632. The fourth-order valence-electron chi connectivity index (χ4n) is 3.57. The molecule has 0 bridgehead atoms. The van der Waals surface area contributed by atoms with E-state index >= 15 is 0 Å². The molecule has 0 aromatic carbocycles. The van der Waals surface area contributed by atoms with Gasteiger partial charge in [-0.15, -0.1) is 10.2 Å². The lowest BCUT2D eigenvalue weighted by atomic mass is 9.85. The molecule has 9 heteroatoms. The molecule has 1 aliphatic rings. The summed E-state index contributed by atoms with van der Waals surface area (Å²) >= 11 is 0. The highest BCUT2D eigenvalue weighted by molar-refractivity contribution is 5.80. The minimum absolute atomic E-state index is 0.0387. The van der Waals surface area contributed by atoms with E-state index in [1.807, 2.05) is 35.7 Å². The van der Waals surface area contributed by atoms with E-state index in [1.54, 1.807) is 0 Å². The molecule has 0 atom stereocenters. The molecule has 0 aliphatic heterocycles. The molecule has 0 amide bonds. The lowest BCUT2D eigenvalue weighted by molar-refractivity contribution is -0.182. The van der Waals surface area contributed by atoms with Crippen molar-refractivity contribution in [1.29, 1.82) is 0 Å². The van der Waals surface area contributed by atoms with Crippen molar-refractivity contribution >= 4 is 11.6 Å². The number of rotatable bonds is 6. The van der Waals surface area contributed by atoms with Crippen LogP contribution in [0.15, 0.2) is 29.4 Å². The average Bonchev–Trinajstić information content (AvgIpc) is 3.08. The van der Waals surface area contributed by atoms with Crippen LogP contribution in [-0.4, -0.2) is 45.9 Å². The summed E-state index contributed by atoms with van der Waals surface area (Å²) in [6, 6.07) is 5.82. The molecule has 0 unspecified atom stereocenters. The number of guanidine groups is 1. The van der Waals surface area contributed by atoms with Crippen molar-refractivity contribution in [2.75, 3.05) is 13.1 Å². The van der Waals surface area contributed by atoms with Crippen LogP contribution in [0.2, 0.25) is 0 Å². The van der Waals surface area contributed by atoms with Gasteiger partial charge in [-0.3, -0.25) is 9.39 Å². The first-order chi connectivity index (χ1) is 13.5. The van der Waals surface area contributed by atoms with E-state index in [4.69, 9.17) is 0 Å². The number of hydrogen-bond donors (Lipinski definition) is 2. The summed E-state index contributed by atoms with van der Waals surface area (Å²) in [5.41, 5.74) is 0.825. The topological polar surface area (TPSA) is 66.6 Å². The van der Waals surface area contributed by atoms with Crippen LogP contribution in [0, 0.1) is 5.92 Å². The van der Waals surface area contributed by atoms with Gasteiger partial charge in [0.15, 0.2) is 11.6 Å². The molecule has 2 N–H and O–H groups in total. The molecule has 6 nitrogen and oxygen atoms in total. The number of aryl methyl sites for hydroxylation is 1. The molecule has 1 saturated carbocycles. The Morgan fingerprint density at radius 2 is 2.00 bits per heavy atom. The quantitative estimate of drug-likeness (QED) is 0.447. The molecule has 0 spiro atoms. The molecular weight excluding hydrogens is 369 g/mol. The Kier molecular flexibility index (Phi) is 6.74. The molecule has 2 heterocycles. The normalized spacial score (nSPS) is 21.1. The number of nitrogens with zero attached hydrogens (tertiary/aromatic N) is 4. The first-order valence-corrected chi connectivity index (χ1v) is 9.87. The maximum Gasteiger partial charge on any atom is 0.391 e. The molecule has 3 rings (SSSR count). The Labute approximate surface area is 162 Å². The first-order valence-electron chi connectivity index (χ1n) is 9.87. The second-order valence-corrected chi connectivity index (χ2v) is 7.14. The van der Waals surface area contributed by atoms with Gasteiger partial charge < -0.3 is 10.6 Å². The summed E-state index contributed by atoms with van der Waals surface area (Å²) in [6.45, 7) is 3.29. The van der Waals surface area contributed by atoms with E-state index in [-0.39, 0.29) is 18.9 Å². The van der Waals surface area contributed by atoms with Gasteiger partial charge in [0, 0.05) is 31.7 Å². The van der Waals surface area contributed by atoms with E-state index in [2.05, 4.69) is 25.8 Å². The third-order valence-electron chi connectivity index (χ3n) is 5.09. The molecule has 0 saturated heterocycles. The van der Waals surface area contributed by atoms with Crippen LogP contribution in [0.5, 0.6) is 0 Å². The number of nitrogens with one attached hydrogen (secondary N) is 2. The van der Waals surface area contributed by atoms with Gasteiger partial charge in [0.25, 0.3) is 0 Å². The maximum absolute atomic E-state index is 12.8. The molecule has 154 valence electrons. The Morgan fingerprint density at radius 1 is 1.21 bits per heavy atom. The average molecular weight is 396 g/mol. The second kappa shape index (κ2) is 9.25. The minimum atomic E-state index is -4.07. The summed E-state index contributed by atoms with van der Waals surface area (Å²) in [5.74, 6) is 0.404. The summed E-state index contributed by atoms with van der Waals surface area (Å²) in [7, 11) is 0. The highest BCUT2D eigenvalue weighted by Crippen LogP contribution is 2.37. The Hall–Kier alpha value is -2.32. The van der Waals surface area contributed by atoms with Crippen molar-refractivity contribution in [3.8, 4) is 0 Å². The van der Waals surface area contributed by atoms with Gasteiger partial charge in [-0.2, -0.15) is 13.2 Å². The molecule has 2 aromatic heterocycles. The molecule has 1 aliphatic carbocycles. The highest BCUT2D eigenvalue weighted by Gasteiger charge is 2.41. The van der Waals surface area contributed by atoms with Crippen LogP contribution >= 0.6 is 0 Å². The zero-order valence-electron chi connectivity index (χ0n) is 16.0. The standard InChI is InChI=1S/C19H27F3N6/c1-2-23-18(25-15-10-8-14(9-11-15)19(20,21)22)24-12-5-7-17-27-26-16-6-3-4-13-28(16)17/h3-4,6,13-15H,2,5,7-12H2,1H3,(H2,23,24,25). The van der Waals surface area contributed by atoms with Crippen molar-refractivity contribution < 1.29 is 13.2 Å². The zero-order valence-corrected chi connectivity index (χ0v) is 16.0. The van der Waals surface area contributed by atoms with E-state index < -0.39 is 12.1 Å². The van der Waals surface area contributed by atoms with Crippen molar-refractivity contribution in [3.63, 3.8) is 0 Å². The molecule has 0 radical (unpaired) electrons. The monoisotopic (exact) mass is 396 g/mol. The third kappa shape index (κ3) is 5.36. The van der Waals surface area contributed by atoms with Gasteiger partial charge in [0.05, 0.1) is 5.92 Å². The van der Waals surface area contributed by atoms with Crippen molar-refractivity contribution in [3.05, 3.63) is 30.2 Å². The fourth-order valence-corrected chi connectivity index (χ4v) is 3.57. The van der Waals surface area contributed by atoms with Gasteiger partial charge in [-0.25, -0.2) is 0 Å². The number of hydrogen-bond acceptors (Lipinski definition) is 3. The van der Waals surface area contributed by atoms with E-state index in [9.17, 15) is 13.2 Å². The van der Waals surface area contributed by atoms with Gasteiger partial charge in [0.2, 0.25) is 0 Å². The lowest BCUT2D eigenvalue weighted by Gasteiger charge is -2.31. The Bertz CT molecular complexity index is 777. The van der Waals surface area contributed by atoms with Crippen LogP contribution in [0.25, 0.3) is 5.65 Å². The summed E-state index contributed by atoms with van der Waals surface area (Å²) < 4.78 is 40.4.